The van der Waals surface area contributed by atoms with Gasteiger partial charge in [-0.25, -0.2) is 24.8 Å². The molecule has 0 atom stereocenters. The Morgan fingerprint density at radius 2 is 0.775 bits per heavy atom. The SMILES string of the molecule is [C-]#[N+]c1ccc(-c2ccc3c(c2)c2cc(-c4ccc(C#N)cc4)ccc2n3-c2ccc(-c3cc(-c4ccccc4)nc(-c4ccccc4)n3)cc2-c2nc(-c3ccccc3)cc(-c3ccccc3)n2)cc1. The van der Waals surface area contributed by atoms with Gasteiger partial charge < -0.3 is 4.57 Å². The van der Waals surface area contributed by atoms with Gasteiger partial charge in [-0.3, -0.25) is 0 Å². The van der Waals surface area contributed by atoms with Gasteiger partial charge in [0.15, 0.2) is 17.3 Å². The normalized spacial score (nSPS) is 11.1. The van der Waals surface area contributed by atoms with Gasteiger partial charge in [-0.05, 0) is 82.9 Å². The molecule has 0 aliphatic carbocycles. The number of rotatable bonds is 9. The maximum atomic E-state index is 9.59. The van der Waals surface area contributed by atoms with Crippen LogP contribution in [0.4, 0.5) is 5.69 Å². The third-order valence-electron chi connectivity index (χ3n) is 12.9. The number of nitriles is 1. The van der Waals surface area contributed by atoms with Crippen LogP contribution in [0.5, 0.6) is 0 Å². The van der Waals surface area contributed by atoms with E-state index in [1.807, 2.05) is 133 Å². The van der Waals surface area contributed by atoms with Crippen molar-refractivity contribution in [3.63, 3.8) is 0 Å². The van der Waals surface area contributed by atoms with Crippen molar-refractivity contribution in [1.29, 1.82) is 5.26 Å². The molecule has 71 heavy (non-hydrogen) atoms. The van der Waals surface area contributed by atoms with Crippen molar-refractivity contribution in [1.82, 2.24) is 24.5 Å². The lowest BCUT2D eigenvalue weighted by molar-refractivity contribution is 1.13. The van der Waals surface area contributed by atoms with Crippen LogP contribution in [0.15, 0.2) is 237 Å². The minimum atomic E-state index is 0.559. The average Bonchev–Trinajstić information content (AvgIpc) is 3.78. The number of nitrogens with zero attached hydrogens (tertiary/aromatic N) is 7. The highest BCUT2D eigenvalue weighted by molar-refractivity contribution is 6.12. The molecule has 3 aromatic heterocycles. The zero-order valence-electron chi connectivity index (χ0n) is 38.1. The first-order chi connectivity index (χ1) is 35.1. The first-order valence-corrected chi connectivity index (χ1v) is 23.3. The van der Waals surface area contributed by atoms with Gasteiger partial charge in [0.25, 0.3) is 0 Å². The second-order valence-corrected chi connectivity index (χ2v) is 17.3. The van der Waals surface area contributed by atoms with E-state index in [1.54, 1.807) is 0 Å². The summed E-state index contributed by atoms with van der Waals surface area (Å²) in [5, 5.41) is 11.7. The van der Waals surface area contributed by atoms with E-state index < -0.39 is 0 Å². The van der Waals surface area contributed by atoms with Crippen LogP contribution in [0, 0.1) is 17.9 Å². The Kier molecular flexibility index (Phi) is 10.8. The average molecular weight is 906 g/mol. The van der Waals surface area contributed by atoms with E-state index in [0.717, 1.165) is 106 Å². The third kappa shape index (κ3) is 8.16. The highest BCUT2D eigenvalue weighted by Crippen LogP contribution is 2.42. The first-order valence-electron chi connectivity index (χ1n) is 23.3. The molecule has 0 amide bonds. The summed E-state index contributed by atoms with van der Waals surface area (Å²) in [6.07, 6.45) is 0. The molecule has 0 spiro atoms. The molecule has 0 saturated carbocycles. The quantitative estimate of drug-likeness (QED) is 0.135. The van der Waals surface area contributed by atoms with Crippen molar-refractivity contribution < 1.29 is 0 Å². The van der Waals surface area contributed by atoms with Crippen molar-refractivity contribution in [2.45, 2.75) is 0 Å². The molecular formula is C64H39N7. The Labute approximate surface area is 410 Å². The minimum absolute atomic E-state index is 0.559. The van der Waals surface area contributed by atoms with Crippen molar-refractivity contribution in [2.24, 2.45) is 0 Å². The lowest BCUT2D eigenvalue weighted by Gasteiger charge is -2.17. The summed E-state index contributed by atoms with van der Waals surface area (Å²) in [4.78, 5) is 24.9. The van der Waals surface area contributed by atoms with Gasteiger partial charge in [-0.1, -0.05) is 176 Å². The van der Waals surface area contributed by atoms with Gasteiger partial charge in [-0.15, -0.1) is 0 Å². The fraction of sp³-hybridized carbons (Fsp3) is 0. The fourth-order valence-corrected chi connectivity index (χ4v) is 9.33. The molecule has 0 bridgehead atoms. The zero-order chi connectivity index (χ0) is 47.7. The van der Waals surface area contributed by atoms with E-state index in [9.17, 15) is 5.26 Å². The Bertz CT molecular complexity index is 3790. The molecule has 0 unspecified atom stereocenters. The van der Waals surface area contributed by atoms with E-state index >= 15 is 0 Å². The number of fused-ring (bicyclic) bond motifs is 3. The fourth-order valence-electron chi connectivity index (χ4n) is 9.33. The Hall–Kier alpha value is -10.1. The third-order valence-corrected chi connectivity index (χ3v) is 12.9. The maximum absolute atomic E-state index is 9.59. The van der Waals surface area contributed by atoms with Gasteiger partial charge in [-0.2, -0.15) is 5.26 Å². The van der Waals surface area contributed by atoms with Crippen molar-refractivity contribution in [3.05, 3.63) is 254 Å². The lowest BCUT2D eigenvalue weighted by atomic mass is 9.99. The van der Waals surface area contributed by atoms with Gasteiger partial charge in [0.05, 0.1) is 57.7 Å². The van der Waals surface area contributed by atoms with Gasteiger partial charge in [0.2, 0.25) is 0 Å². The van der Waals surface area contributed by atoms with Crippen LogP contribution in [0.3, 0.4) is 0 Å². The number of aromatic nitrogens is 5. The van der Waals surface area contributed by atoms with Crippen molar-refractivity contribution in [3.8, 4) is 102 Å². The summed E-state index contributed by atoms with van der Waals surface area (Å²) in [5.74, 6) is 1.18. The topological polar surface area (TPSA) is 84.6 Å². The summed E-state index contributed by atoms with van der Waals surface area (Å²) in [5.41, 5.74) is 16.9. The van der Waals surface area contributed by atoms with Gasteiger partial charge in [0, 0.05) is 44.2 Å². The van der Waals surface area contributed by atoms with E-state index in [4.69, 9.17) is 26.5 Å². The summed E-state index contributed by atoms with van der Waals surface area (Å²) < 4.78 is 2.32. The summed E-state index contributed by atoms with van der Waals surface area (Å²) >= 11 is 0. The Balaban J connectivity index is 1.14. The highest BCUT2D eigenvalue weighted by Gasteiger charge is 2.22. The molecule has 7 heteroatoms. The molecule has 0 N–H and O–H groups in total. The van der Waals surface area contributed by atoms with Gasteiger partial charge in [0.1, 0.15) is 0 Å². The van der Waals surface area contributed by atoms with Crippen LogP contribution in [-0.2, 0) is 0 Å². The lowest BCUT2D eigenvalue weighted by Crippen LogP contribution is -2.03. The van der Waals surface area contributed by atoms with Crippen molar-refractivity contribution in [2.75, 3.05) is 0 Å². The molecule has 12 rings (SSSR count). The van der Waals surface area contributed by atoms with Crippen LogP contribution in [0.2, 0.25) is 0 Å². The van der Waals surface area contributed by atoms with Crippen LogP contribution in [-0.4, -0.2) is 24.5 Å². The molecule has 0 saturated heterocycles. The van der Waals surface area contributed by atoms with Crippen LogP contribution in [0.25, 0.3) is 122 Å². The summed E-state index contributed by atoms with van der Waals surface area (Å²) in [6, 6.07) is 82.3. The van der Waals surface area contributed by atoms with E-state index in [-0.39, 0.29) is 0 Å². The smallest absolute Gasteiger partial charge is 0.187 e. The summed E-state index contributed by atoms with van der Waals surface area (Å²) in [6.45, 7) is 7.55. The highest BCUT2D eigenvalue weighted by atomic mass is 15.0. The first kappa shape index (κ1) is 42.3. The number of hydrogen-bond donors (Lipinski definition) is 0. The predicted octanol–water partition coefficient (Wildman–Crippen LogP) is 16.1. The molecular weight excluding hydrogens is 867 g/mol. The maximum Gasteiger partial charge on any atom is 0.187 e. The van der Waals surface area contributed by atoms with Crippen LogP contribution >= 0.6 is 0 Å². The minimum Gasteiger partial charge on any atom is -0.308 e. The molecule has 0 radical (unpaired) electrons. The number of hydrogen-bond acceptors (Lipinski definition) is 5. The zero-order valence-corrected chi connectivity index (χ0v) is 38.1. The molecule has 7 nitrogen and oxygen atoms in total. The molecule has 330 valence electrons. The Morgan fingerprint density at radius 1 is 0.366 bits per heavy atom. The monoisotopic (exact) mass is 905 g/mol. The molecule has 12 aromatic rings. The summed E-state index contributed by atoms with van der Waals surface area (Å²) in [7, 11) is 0. The van der Waals surface area contributed by atoms with Crippen molar-refractivity contribution >= 4 is 27.5 Å². The molecule has 0 aliphatic rings. The predicted molar refractivity (Wildman–Crippen MR) is 286 cm³/mol. The second kappa shape index (κ2) is 18.2. The van der Waals surface area contributed by atoms with Crippen LogP contribution < -0.4 is 0 Å². The van der Waals surface area contributed by atoms with E-state index in [0.29, 0.717) is 22.9 Å². The van der Waals surface area contributed by atoms with E-state index in [2.05, 4.69) is 119 Å². The number of benzene rings is 9. The van der Waals surface area contributed by atoms with E-state index in [1.165, 1.54) is 0 Å². The van der Waals surface area contributed by atoms with Gasteiger partial charge >= 0.3 is 0 Å². The molecule has 3 heterocycles. The molecule has 0 fully saturated rings. The molecule has 9 aromatic carbocycles. The second-order valence-electron chi connectivity index (χ2n) is 17.3. The molecule has 0 aliphatic heterocycles. The Morgan fingerprint density at radius 3 is 1.24 bits per heavy atom. The van der Waals surface area contributed by atoms with Crippen LogP contribution in [0.1, 0.15) is 5.56 Å². The largest absolute Gasteiger partial charge is 0.308 e. The standard InChI is InChI=1S/C64H39N7/c1-66-52-31-26-44(27-32-52)50-29-34-61-54(37-50)53-36-49(43-24-22-42(41-65)23-25-43)28-33-60(53)71(61)62-35-30-51(59-40-56(45-14-6-2-7-15-45)67-63(68-59)48-20-12-5-13-21-48)38-55(62)64-69-57(46-16-8-3-9-17-46)39-58(70-64)47-18-10-4-11-19-47/h2-40H.